The molecule has 0 saturated heterocycles. The van der Waals surface area contributed by atoms with Crippen LogP contribution in [0, 0.1) is 0 Å². The predicted octanol–water partition coefficient (Wildman–Crippen LogP) is 10.1. The lowest BCUT2D eigenvalue weighted by atomic mass is 10.1. The van der Waals surface area contributed by atoms with E-state index in [1.54, 1.807) is 41.1 Å². The van der Waals surface area contributed by atoms with Crippen molar-refractivity contribution < 1.29 is 47.7 Å². The number of ether oxygens (including phenoxy) is 4. The van der Waals surface area contributed by atoms with Crippen LogP contribution < -0.4 is 9.47 Å². The second-order valence-electron chi connectivity index (χ2n) is 17.8. The standard InChI is InChI=1S/C25H39NO5SSi.C19H25NO5S/c1-24(2,3)31-23(28)13-12-19(27)22-15-18-21(32-22)16-20(29-7)17(26-18)11-10-14-30-33(8,9)25(4,5)6;1-19(2,3)25-18(23)8-7-14(22)17-10-13-16(26-17)11-15(24-4)12(20-13)6-5-9-21/h15-16H,10-14H2,1-9H3;10-11,21H,5-9H2,1-4H3. The Hall–Kier alpha value is -3.76. The summed E-state index contributed by atoms with van der Waals surface area (Å²) >= 11 is 2.72. The Morgan fingerprint density at radius 2 is 1.05 bits per heavy atom. The summed E-state index contributed by atoms with van der Waals surface area (Å²) in [5, 5.41) is 9.19. The van der Waals surface area contributed by atoms with Crippen molar-refractivity contribution in [2.75, 3.05) is 27.4 Å². The molecule has 12 nitrogen and oxygen atoms in total. The summed E-state index contributed by atoms with van der Waals surface area (Å²) in [6.45, 7) is 22.8. The van der Waals surface area contributed by atoms with Crippen LogP contribution >= 0.6 is 22.7 Å². The van der Waals surface area contributed by atoms with Crippen LogP contribution in [-0.4, -0.2) is 85.5 Å². The van der Waals surface area contributed by atoms with Gasteiger partial charge in [-0.3, -0.25) is 19.2 Å². The van der Waals surface area contributed by atoms with E-state index in [4.69, 9.17) is 33.5 Å². The van der Waals surface area contributed by atoms with E-state index < -0.39 is 19.5 Å². The summed E-state index contributed by atoms with van der Waals surface area (Å²) in [4.78, 5) is 59.2. The second-order valence-corrected chi connectivity index (χ2v) is 24.8. The minimum atomic E-state index is -1.77. The number of hydrogen-bond acceptors (Lipinski definition) is 14. The van der Waals surface area contributed by atoms with Crippen molar-refractivity contribution in [3.05, 3.63) is 45.4 Å². The Labute approximate surface area is 358 Å². The van der Waals surface area contributed by atoms with E-state index in [0.717, 1.165) is 50.4 Å². The monoisotopic (exact) mass is 872 g/mol. The summed E-state index contributed by atoms with van der Waals surface area (Å²) in [6.07, 6.45) is 3.16. The van der Waals surface area contributed by atoms with E-state index in [1.807, 2.05) is 39.0 Å². The molecule has 326 valence electrons. The summed E-state index contributed by atoms with van der Waals surface area (Å²) in [5.41, 5.74) is 2.04. The van der Waals surface area contributed by atoms with Crippen LogP contribution in [0.3, 0.4) is 0 Å². The molecular formula is C44H64N2O10S2Si. The van der Waals surface area contributed by atoms with Crippen LogP contribution in [0.15, 0.2) is 24.3 Å². The Kier molecular flexibility index (Phi) is 17.8. The minimum absolute atomic E-state index is 0.0584. The number of Topliss-reactive ketones (excluding diaryl/α,β-unsaturated/α-hetero) is 2. The van der Waals surface area contributed by atoms with Crippen molar-refractivity contribution in [1.82, 2.24) is 9.97 Å². The number of methoxy groups -OCH3 is 2. The van der Waals surface area contributed by atoms with Gasteiger partial charge in [-0.05, 0) is 97.5 Å². The molecule has 0 atom stereocenters. The number of pyridine rings is 2. The number of rotatable bonds is 18. The third-order valence-electron chi connectivity index (χ3n) is 9.42. The molecule has 0 bridgehead atoms. The number of carbonyl (C=O) groups excluding carboxylic acids is 4. The van der Waals surface area contributed by atoms with Crippen molar-refractivity contribution in [1.29, 1.82) is 0 Å². The van der Waals surface area contributed by atoms with Gasteiger partial charge in [0.15, 0.2) is 19.9 Å². The molecule has 4 aromatic rings. The first-order valence-corrected chi connectivity index (χ1v) is 24.6. The summed E-state index contributed by atoms with van der Waals surface area (Å²) in [5.74, 6) is 0.462. The Morgan fingerprint density at radius 1 is 0.644 bits per heavy atom. The maximum atomic E-state index is 12.6. The highest BCUT2D eigenvalue weighted by Gasteiger charge is 2.37. The number of nitrogens with zero attached hydrogens (tertiary/aromatic N) is 2. The van der Waals surface area contributed by atoms with Gasteiger partial charge in [0.25, 0.3) is 0 Å². The summed E-state index contributed by atoms with van der Waals surface area (Å²) in [7, 11) is 1.45. The van der Waals surface area contributed by atoms with E-state index in [0.29, 0.717) is 35.0 Å². The zero-order valence-corrected chi connectivity index (χ0v) is 39.8. The molecule has 0 radical (unpaired) electrons. The van der Waals surface area contributed by atoms with E-state index in [9.17, 15) is 19.2 Å². The smallest absolute Gasteiger partial charge is 0.306 e. The fraction of sp³-hybridized carbons (Fsp3) is 0.591. The number of fused-ring (bicyclic) bond motifs is 2. The van der Waals surface area contributed by atoms with Gasteiger partial charge >= 0.3 is 11.9 Å². The SMILES string of the molecule is COc1cc2sc(C(=O)CCC(=O)OC(C)(C)C)cc2nc1CCCO.COc1cc2sc(C(=O)CCC(=O)OC(C)(C)C)cc2nc1CCCO[Si](C)(C)C(C)(C)C. The number of esters is 2. The fourth-order valence-electron chi connectivity index (χ4n) is 5.46. The number of aromatic nitrogens is 2. The first-order chi connectivity index (χ1) is 27.4. The molecule has 15 heteroatoms. The number of carbonyl (C=O) groups is 4. The Balaban J connectivity index is 0.000000324. The van der Waals surface area contributed by atoms with Gasteiger partial charge in [0.05, 0.1) is 68.6 Å². The number of ketones is 2. The summed E-state index contributed by atoms with van der Waals surface area (Å²) < 4.78 is 29.5. The Morgan fingerprint density at radius 3 is 1.41 bits per heavy atom. The topological polar surface area (TPSA) is 160 Å². The molecule has 0 fully saturated rings. The molecule has 0 spiro atoms. The lowest BCUT2D eigenvalue weighted by Crippen LogP contribution is -2.41. The molecule has 0 aliphatic rings. The van der Waals surface area contributed by atoms with Crippen LogP contribution in [-0.2, 0) is 36.3 Å². The number of hydrogen-bond donors (Lipinski definition) is 1. The molecule has 1 N–H and O–H groups in total. The maximum absolute atomic E-state index is 12.6. The molecule has 0 unspecified atom stereocenters. The van der Waals surface area contributed by atoms with Gasteiger partial charge in [-0.25, -0.2) is 9.97 Å². The number of thiophene rings is 2. The molecule has 59 heavy (non-hydrogen) atoms. The normalized spacial score (nSPS) is 12.2. The fourth-order valence-corrected chi connectivity index (χ4v) is 8.54. The van der Waals surface area contributed by atoms with Gasteiger partial charge in [-0.15, -0.1) is 22.7 Å². The van der Waals surface area contributed by atoms with Gasteiger partial charge < -0.3 is 28.5 Å². The highest BCUT2D eigenvalue weighted by molar-refractivity contribution is 7.21. The lowest BCUT2D eigenvalue weighted by Gasteiger charge is -2.36. The zero-order valence-electron chi connectivity index (χ0n) is 37.2. The average Bonchev–Trinajstić information content (AvgIpc) is 3.75. The van der Waals surface area contributed by atoms with Gasteiger partial charge in [0.2, 0.25) is 0 Å². The van der Waals surface area contributed by atoms with Crippen LogP contribution in [0.4, 0.5) is 0 Å². The van der Waals surface area contributed by atoms with Crippen LogP contribution in [0.1, 0.15) is 132 Å². The third-order valence-corrected chi connectivity index (χ3v) is 16.2. The molecular weight excluding hydrogens is 809 g/mol. The molecule has 0 saturated carbocycles. The number of aliphatic hydroxyl groups excluding tert-OH is 1. The van der Waals surface area contributed by atoms with E-state index in [-0.39, 0.29) is 60.8 Å². The van der Waals surface area contributed by atoms with Gasteiger partial charge in [0, 0.05) is 38.2 Å². The minimum Gasteiger partial charge on any atom is -0.495 e. The molecule has 0 aliphatic heterocycles. The van der Waals surface area contributed by atoms with Crippen molar-refractivity contribution in [2.45, 2.75) is 143 Å². The van der Waals surface area contributed by atoms with Crippen molar-refractivity contribution in [3.63, 3.8) is 0 Å². The van der Waals surface area contributed by atoms with Crippen LogP contribution in [0.25, 0.3) is 20.4 Å². The largest absolute Gasteiger partial charge is 0.495 e. The van der Waals surface area contributed by atoms with Gasteiger partial charge in [-0.2, -0.15) is 0 Å². The first-order valence-electron chi connectivity index (χ1n) is 20.1. The molecule has 0 aliphatic carbocycles. The van der Waals surface area contributed by atoms with E-state index in [1.165, 1.54) is 22.7 Å². The predicted molar refractivity (Wildman–Crippen MR) is 238 cm³/mol. The number of aryl methyl sites for hydroxylation is 2. The van der Waals surface area contributed by atoms with Crippen LogP contribution in [0.5, 0.6) is 11.5 Å². The third kappa shape index (κ3) is 15.7. The van der Waals surface area contributed by atoms with Crippen molar-refractivity contribution in [3.8, 4) is 11.5 Å². The van der Waals surface area contributed by atoms with Crippen molar-refractivity contribution >= 4 is 74.9 Å². The lowest BCUT2D eigenvalue weighted by molar-refractivity contribution is -0.155. The molecule has 0 aromatic carbocycles. The highest BCUT2D eigenvalue weighted by Crippen LogP contribution is 2.37. The quantitative estimate of drug-likeness (QED) is 0.0437. The van der Waals surface area contributed by atoms with E-state index >= 15 is 0 Å². The zero-order chi connectivity index (χ0) is 44.3. The van der Waals surface area contributed by atoms with Gasteiger partial charge in [0.1, 0.15) is 22.7 Å². The molecule has 4 aromatic heterocycles. The first kappa shape index (κ1) is 49.6. The highest BCUT2D eigenvalue weighted by atomic mass is 32.1. The molecule has 4 heterocycles. The average molecular weight is 873 g/mol. The maximum Gasteiger partial charge on any atom is 0.306 e. The van der Waals surface area contributed by atoms with Crippen LogP contribution in [0.2, 0.25) is 18.1 Å². The molecule has 0 amide bonds. The Bertz CT molecular complexity index is 2070. The molecule has 4 rings (SSSR count). The van der Waals surface area contributed by atoms with Crippen molar-refractivity contribution in [2.24, 2.45) is 0 Å². The number of aliphatic hydroxyl groups is 1. The van der Waals surface area contributed by atoms with Gasteiger partial charge in [-0.1, -0.05) is 20.8 Å². The summed E-state index contributed by atoms with van der Waals surface area (Å²) in [6, 6.07) is 7.37. The van der Waals surface area contributed by atoms with E-state index in [2.05, 4.69) is 38.8 Å². The second kappa shape index (κ2) is 21.2.